The van der Waals surface area contributed by atoms with Gasteiger partial charge in [0.15, 0.2) is 0 Å². The number of nitro benzene ring substituents is 1. The lowest BCUT2D eigenvalue weighted by molar-refractivity contribution is -0.384. The summed E-state index contributed by atoms with van der Waals surface area (Å²) in [7, 11) is 0. The first-order chi connectivity index (χ1) is 11.9. The zero-order chi connectivity index (χ0) is 17.7. The van der Waals surface area contributed by atoms with E-state index in [9.17, 15) is 14.9 Å². The van der Waals surface area contributed by atoms with E-state index in [1.165, 1.54) is 17.0 Å². The van der Waals surface area contributed by atoms with E-state index >= 15 is 0 Å². The molecule has 0 fully saturated rings. The summed E-state index contributed by atoms with van der Waals surface area (Å²) in [6, 6.07) is 4.58. The number of nitrogens with one attached hydrogen (secondary N) is 2. The molecular weight excluding hydrogens is 362 g/mol. The van der Waals surface area contributed by atoms with E-state index in [2.05, 4.69) is 17.6 Å². The molecular formula is C17H16ClN3O3S. The number of hydrogen-bond acceptors (Lipinski definition) is 5. The van der Waals surface area contributed by atoms with Crippen LogP contribution in [0.25, 0.3) is 0 Å². The molecule has 2 aliphatic rings. The van der Waals surface area contributed by atoms with E-state index in [0.717, 1.165) is 35.4 Å². The zero-order valence-corrected chi connectivity index (χ0v) is 15.0. The maximum Gasteiger partial charge on any atom is 0.288 e. The van der Waals surface area contributed by atoms with Crippen molar-refractivity contribution < 1.29 is 9.72 Å². The van der Waals surface area contributed by atoms with Crippen molar-refractivity contribution in [3.8, 4) is 0 Å². The summed E-state index contributed by atoms with van der Waals surface area (Å²) in [6.45, 7) is 2.23. The highest BCUT2D eigenvalue weighted by Gasteiger charge is 2.33. The predicted molar refractivity (Wildman–Crippen MR) is 97.4 cm³/mol. The van der Waals surface area contributed by atoms with Gasteiger partial charge in [0, 0.05) is 16.5 Å². The van der Waals surface area contributed by atoms with Gasteiger partial charge in [-0.15, -0.1) is 11.3 Å². The predicted octanol–water partition coefficient (Wildman–Crippen LogP) is 4.29. The van der Waals surface area contributed by atoms with E-state index in [1.807, 2.05) is 0 Å². The van der Waals surface area contributed by atoms with Gasteiger partial charge >= 0.3 is 0 Å². The molecule has 25 heavy (non-hydrogen) atoms. The number of anilines is 1. The fourth-order valence-corrected chi connectivity index (χ4v) is 5.10. The van der Waals surface area contributed by atoms with Gasteiger partial charge in [-0.3, -0.25) is 14.9 Å². The van der Waals surface area contributed by atoms with E-state index in [4.69, 9.17) is 11.6 Å². The van der Waals surface area contributed by atoms with Crippen LogP contribution in [-0.2, 0) is 12.8 Å². The minimum Gasteiger partial charge on any atom is -0.353 e. The van der Waals surface area contributed by atoms with E-state index < -0.39 is 11.1 Å². The number of nitrogens with zero attached hydrogens (tertiary/aromatic N) is 1. The molecule has 1 aromatic heterocycles. The van der Waals surface area contributed by atoms with Crippen LogP contribution in [0.2, 0.25) is 5.02 Å². The maximum atomic E-state index is 12.7. The molecule has 4 rings (SSSR count). The molecule has 0 spiro atoms. The first kappa shape index (κ1) is 16.4. The monoisotopic (exact) mass is 377 g/mol. The van der Waals surface area contributed by atoms with Crippen molar-refractivity contribution in [2.24, 2.45) is 5.92 Å². The fraction of sp³-hybridized carbons (Fsp3) is 0.353. The first-order valence-electron chi connectivity index (χ1n) is 8.10. The maximum absolute atomic E-state index is 12.7. The lowest BCUT2D eigenvalue weighted by Gasteiger charge is -2.27. The molecule has 2 heterocycles. The Morgan fingerprint density at radius 3 is 2.92 bits per heavy atom. The van der Waals surface area contributed by atoms with Crippen LogP contribution in [0.15, 0.2) is 18.2 Å². The summed E-state index contributed by atoms with van der Waals surface area (Å²) in [6.07, 6.45) is 2.51. The van der Waals surface area contributed by atoms with Crippen molar-refractivity contribution in [1.29, 1.82) is 0 Å². The third-order valence-corrected chi connectivity index (χ3v) is 6.30. The molecule has 8 heteroatoms. The molecule has 130 valence electrons. The Morgan fingerprint density at radius 2 is 2.16 bits per heavy atom. The molecule has 0 radical (unpaired) electrons. The molecule has 1 aromatic carbocycles. The van der Waals surface area contributed by atoms with Gasteiger partial charge in [0.25, 0.3) is 11.6 Å². The molecule has 0 saturated heterocycles. The van der Waals surface area contributed by atoms with Crippen molar-refractivity contribution in [2.45, 2.75) is 32.4 Å². The summed E-state index contributed by atoms with van der Waals surface area (Å²) in [5.74, 6) is 0.508. The smallest absolute Gasteiger partial charge is 0.288 e. The van der Waals surface area contributed by atoms with Gasteiger partial charge in [0.1, 0.15) is 16.2 Å². The molecule has 1 amide bonds. The number of hydrogen-bond donors (Lipinski definition) is 2. The highest BCUT2D eigenvalue weighted by Crippen LogP contribution is 2.42. The summed E-state index contributed by atoms with van der Waals surface area (Å²) in [5, 5.41) is 18.3. The van der Waals surface area contributed by atoms with Crippen molar-refractivity contribution in [1.82, 2.24) is 5.32 Å². The number of nitro groups is 1. The van der Waals surface area contributed by atoms with Crippen LogP contribution in [-0.4, -0.2) is 10.8 Å². The number of amides is 1. The van der Waals surface area contributed by atoms with Crippen LogP contribution < -0.4 is 10.6 Å². The van der Waals surface area contributed by atoms with Crippen LogP contribution in [0.3, 0.4) is 0 Å². The van der Waals surface area contributed by atoms with Gasteiger partial charge < -0.3 is 10.6 Å². The van der Waals surface area contributed by atoms with E-state index in [0.29, 0.717) is 11.5 Å². The summed E-state index contributed by atoms with van der Waals surface area (Å²) in [4.78, 5) is 24.5. The van der Waals surface area contributed by atoms with Crippen LogP contribution in [0.1, 0.15) is 45.9 Å². The summed E-state index contributed by atoms with van der Waals surface area (Å²) < 4.78 is 0. The number of halogens is 1. The topological polar surface area (TPSA) is 84.3 Å². The third-order valence-electron chi connectivity index (χ3n) is 4.79. The lowest BCUT2D eigenvalue weighted by Crippen LogP contribution is -2.38. The molecule has 2 atom stereocenters. The van der Waals surface area contributed by atoms with Crippen molar-refractivity contribution >= 4 is 39.5 Å². The second-order valence-electron chi connectivity index (χ2n) is 6.57. The number of carbonyl (C=O) groups is 1. The Morgan fingerprint density at radius 1 is 1.36 bits per heavy atom. The Balaban J connectivity index is 1.69. The number of thiophene rings is 1. The van der Waals surface area contributed by atoms with Crippen LogP contribution in [0.4, 0.5) is 10.7 Å². The second kappa shape index (κ2) is 6.00. The van der Waals surface area contributed by atoms with E-state index in [1.54, 1.807) is 17.4 Å². The Hall–Kier alpha value is -2.12. The number of carbonyl (C=O) groups excluding carboxylic acids is 1. The normalized spacial score (nSPS) is 21.8. The molecule has 2 N–H and O–H groups in total. The molecule has 0 unspecified atom stereocenters. The molecule has 0 bridgehead atoms. The summed E-state index contributed by atoms with van der Waals surface area (Å²) in [5.41, 5.74) is 2.34. The van der Waals surface area contributed by atoms with Crippen LogP contribution in [0.5, 0.6) is 0 Å². The lowest BCUT2D eigenvalue weighted by atomic mass is 9.88. The number of rotatable bonds is 2. The van der Waals surface area contributed by atoms with Gasteiger partial charge in [-0.05, 0) is 36.8 Å². The Bertz CT molecular complexity index is 896. The Labute approximate surface area is 153 Å². The van der Waals surface area contributed by atoms with Crippen LogP contribution in [0, 0.1) is 16.0 Å². The van der Waals surface area contributed by atoms with Gasteiger partial charge in [-0.25, -0.2) is 0 Å². The molecule has 1 aliphatic carbocycles. The van der Waals surface area contributed by atoms with Gasteiger partial charge in [-0.2, -0.15) is 0 Å². The fourth-order valence-electron chi connectivity index (χ4n) is 3.48. The Kier molecular flexibility index (Phi) is 3.92. The van der Waals surface area contributed by atoms with Gasteiger partial charge in [0.05, 0.1) is 10.5 Å². The standard InChI is InChI=1S/C17H16ClN3O3S/c1-8-2-4-10-13(6-8)25-17-14(10)16(22)19-15(20-17)9-3-5-11(18)12(7-9)21(23)24/h3,5,7-8,15,20H,2,4,6H2,1H3,(H,19,22)/t8-,15-/m0/s1. The molecule has 0 saturated carbocycles. The SMILES string of the molecule is C[C@H]1CCc2c(sc3c2C(=O)N[C@H](c2ccc(Cl)c([N+](=O)[O-])c2)N3)C1. The molecule has 1 aliphatic heterocycles. The van der Waals surface area contributed by atoms with Crippen molar-refractivity contribution in [2.75, 3.05) is 5.32 Å². The average molecular weight is 378 g/mol. The highest BCUT2D eigenvalue weighted by molar-refractivity contribution is 7.16. The van der Waals surface area contributed by atoms with Crippen LogP contribution >= 0.6 is 22.9 Å². The van der Waals surface area contributed by atoms with Gasteiger partial charge in [0.2, 0.25) is 0 Å². The summed E-state index contributed by atoms with van der Waals surface area (Å²) >= 11 is 7.50. The average Bonchev–Trinajstić information content (AvgIpc) is 2.92. The molecule has 2 aromatic rings. The van der Waals surface area contributed by atoms with E-state index in [-0.39, 0.29) is 16.6 Å². The highest BCUT2D eigenvalue weighted by atomic mass is 35.5. The zero-order valence-electron chi connectivity index (χ0n) is 13.5. The minimum atomic E-state index is -0.521. The second-order valence-corrected chi connectivity index (χ2v) is 8.09. The minimum absolute atomic E-state index is 0.0807. The number of benzene rings is 1. The quantitative estimate of drug-likeness (QED) is 0.604. The molecule has 6 nitrogen and oxygen atoms in total. The van der Waals surface area contributed by atoms with Gasteiger partial charge in [-0.1, -0.05) is 24.6 Å². The first-order valence-corrected chi connectivity index (χ1v) is 9.29. The largest absolute Gasteiger partial charge is 0.353 e. The van der Waals surface area contributed by atoms with Crippen molar-refractivity contribution in [3.05, 3.63) is 54.9 Å². The van der Waals surface area contributed by atoms with Crippen molar-refractivity contribution in [3.63, 3.8) is 0 Å². The number of fused-ring (bicyclic) bond motifs is 3. The third kappa shape index (κ3) is 2.77.